The Balaban J connectivity index is 1.82. The number of nitrogens with zero attached hydrogens (tertiary/aromatic N) is 2. The number of nitro groups is 1. The molecule has 3 rings (SSSR count). The predicted octanol–water partition coefficient (Wildman–Crippen LogP) is 4.97. The van der Waals surface area contributed by atoms with Crippen LogP contribution in [0.5, 0.6) is 0 Å². The maximum absolute atomic E-state index is 12.8. The lowest BCUT2D eigenvalue weighted by Crippen LogP contribution is -2.16. The van der Waals surface area contributed by atoms with E-state index in [1.807, 2.05) is 44.4 Å². The minimum Gasteiger partial charge on any atom is -0.454 e. The van der Waals surface area contributed by atoms with Crippen molar-refractivity contribution < 1.29 is 19.2 Å². The third-order valence-corrected chi connectivity index (χ3v) is 5.45. The minimum atomic E-state index is -0.897. The molecule has 0 saturated carbocycles. The number of hydrogen-bond acceptors (Lipinski definition) is 5. The van der Waals surface area contributed by atoms with Gasteiger partial charge in [-0.25, -0.2) is 4.79 Å². The summed E-state index contributed by atoms with van der Waals surface area (Å²) in [6.07, 6.45) is 0. The molecular weight excluding hydrogens is 396 g/mol. The number of benzene rings is 2. The zero-order valence-corrected chi connectivity index (χ0v) is 18.2. The van der Waals surface area contributed by atoms with Crippen molar-refractivity contribution in [3.8, 4) is 5.69 Å². The van der Waals surface area contributed by atoms with Gasteiger partial charge in [0.05, 0.1) is 4.92 Å². The van der Waals surface area contributed by atoms with E-state index in [1.165, 1.54) is 17.7 Å². The van der Waals surface area contributed by atoms with Crippen LogP contribution in [0.3, 0.4) is 0 Å². The van der Waals surface area contributed by atoms with Crippen molar-refractivity contribution in [1.29, 1.82) is 0 Å². The number of esters is 1. The van der Waals surface area contributed by atoms with Crippen LogP contribution >= 0.6 is 0 Å². The summed E-state index contributed by atoms with van der Waals surface area (Å²) >= 11 is 0. The maximum Gasteiger partial charge on any atom is 0.345 e. The standard InChI is InChI=1S/C24H24N2O5/c1-14-9-10-19(11-16(14)3)25-17(4)12-21(18(25)5)22(27)13-31-24(28)20-8-6-7-15(2)23(20)26(29)30/h6-12H,13H2,1-5H3. The van der Waals surface area contributed by atoms with Crippen LogP contribution in [-0.2, 0) is 4.74 Å². The number of hydrogen-bond donors (Lipinski definition) is 0. The molecule has 7 nitrogen and oxygen atoms in total. The van der Waals surface area contributed by atoms with Crippen LogP contribution < -0.4 is 0 Å². The highest BCUT2D eigenvalue weighted by Gasteiger charge is 2.25. The van der Waals surface area contributed by atoms with Crippen LogP contribution in [-0.4, -0.2) is 27.8 Å². The smallest absolute Gasteiger partial charge is 0.345 e. The van der Waals surface area contributed by atoms with Gasteiger partial charge >= 0.3 is 5.97 Å². The number of nitro benzene ring substituents is 1. The molecule has 0 fully saturated rings. The van der Waals surface area contributed by atoms with Crippen LogP contribution in [0.1, 0.15) is 48.8 Å². The Hall–Kier alpha value is -3.74. The number of para-hydroxylation sites is 1. The van der Waals surface area contributed by atoms with E-state index in [0.29, 0.717) is 11.1 Å². The summed E-state index contributed by atoms with van der Waals surface area (Å²) in [4.78, 5) is 35.9. The summed E-state index contributed by atoms with van der Waals surface area (Å²) in [5, 5.41) is 11.3. The fourth-order valence-corrected chi connectivity index (χ4v) is 3.66. The maximum atomic E-state index is 12.8. The minimum absolute atomic E-state index is 0.168. The lowest BCUT2D eigenvalue weighted by Gasteiger charge is -2.12. The Kier molecular flexibility index (Phi) is 6.06. The van der Waals surface area contributed by atoms with Crippen LogP contribution in [0.2, 0.25) is 0 Å². The normalized spacial score (nSPS) is 10.7. The van der Waals surface area contributed by atoms with Crippen LogP contribution in [0, 0.1) is 44.7 Å². The van der Waals surface area contributed by atoms with Crippen molar-refractivity contribution in [1.82, 2.24) is 4.57 Å². The summed E-state index contributed by atoms with van der Waals surface area (Å²) in [7, 11) is 0. The van der Waals surface area contributed by atoms with E-state index >= 15 is 0 Å². The molecule has 160 valence electrons. The van der Waals surface area contributed by atoms with Crippen molar-refractivity contribution in [3.63, 3.8) is 0 Å². The third kappa shape index (κ3) is 4.26. The number of ether oxygens (including phenoxy) is 1. The average molecular weight is 420 g/mol. The Labute approximate surface area is 180 Å². The van der Waals surface area contributed by atoms with Gasteiger partial charge in [0, 0.05) is 28.2 Å². The largest absolute Gasteiger partial charge is 0.454 e. The Morgan fingerprint density at radius 1 is 0.935 bits per heavy atom. The van der Waals surface area contributed by atoms with Crippen molar-refractivity contribution in [3.05, 3.63) is 91.8 Å². The van der Waals surface area contributed by atoms with Gasteiger partial charge in [-0.05, 0) is 70.0 Å². The molecule has 2 aromatic carbocycles. The van der Waals surface area contributed by atoms with E-state index in [9.17, 15) is 19.7 Å². The van der Waals surface area contributed by atoms with Gasteiger partial charge in [-0.15, -0.1) is 0 Å². The molecule has 1 aromatic heterocycles. The first-order valence-electron chi connectivity index (χ1n) is 9.82. The average Bonchev–Trinajstić information content (AvgIpc) is 3.01. The van der Waals surface area contributed by atoms with Gasteiger partial charge in [-0.1, -0.05) is 18.2 Å². The molecule has 0 aliphatic heterocycles. The van der Waals surface area contributed by atoms with Crippen molar-refractivity contribution in [2.24, 2.45) is 0 Å². The van der Waals surface area contributed by atoms with E-state index < -0.39 is 17.5 Å². The van der Waals surface area contributed by atoms with E-state index in [-0.39, 0.29) is 17.0 Å². The number of carbonyl (C=O) groups excluding carboxylic acids is 2. The molecular formula is C24H24N2O5. The molecule has 0 N–H and O–H groups in total. The molecule has 0 amide bonds. The second kappa shape index (κ2) is 8.55. The molecule has 0 aliphatic rings. The van der Waals surface area contributed by atoms with Crippen LogP contribution in [0.25, 0.3) is 5.69 Å². The first-order chi connectivity index (χ1) is 14.6. The van der Waals surface area contributed by atoms with Crippen LogP contribution in [0.15, 0.2) is 42.5 Å². The highest BCUT2D eigenvalue weighted by Crippen LogP contribution is 2.25. The number of ketones is 1. The molecule has 31 heavy (non-hydrogen) atoms. The summed E-state index contributed by atoms with van der Waals surface area (Å²) < 4.78 is 7.11. The van der Waals surface area contributed by atoms with Crippen molar-refractivity contribution in [2.75, 3.05) is 6.61 Å². The summed E-state index contributed by atoms with van der Waals surface area (Å²) in [5.74, 6) is -1.27. The molecule has 0 bridgehead atoms. The van der Waals surface area contributed by atoms with Gasteiger partial charge < -0.3 is 9.30 Å². The number of Topliss-reactive ketones (excluding diaryl/α,β-unsaturated/α-hetero) is 1. The van der Waals surface area contributed by atoms with Crippen molar-refractivity contribution in [2.45, 2.75) is 34.6 Å². The van der Waals surface area contributed by atoms with Gasteiger partial charge in [0.25, 0.3) is 5.69 Å². The zero-order valence-electron chi connectivity index (χ0n) is 18.2. The highest BCUT2D eigenvalue weighted by atomic mass is 16.6. The number of rotatable bonds is 6. The molecule has 3 aromatic rings. The second-order valence-electron chi connectivity index (χ2n) is 7.62. The number of aryl methyl sites for hydroxylation is 4. The van der Waals surface area contributed by atoms with Gasteiger partial charge in [-0.2, -0.15) is 0 Å². The third-order valence-electron chi connectivity index (χ3n) is 5.45. The molecule has 1 heterocycles. The van der Waals surface area contributed by atoms with E-state index in [2.05, 4.69) is 6.07 Å². The Morgan fingerprint density at radius 2 is 1.65 bits per heavy atom. The van der Waals surface area contributed by atoms with Gasteiger partial charge in [0.15, 0.2) is 6.61 Å². The summed E-state index contributed by atoms with van der Waals surface area (Å²) in [6, 6.07) is 12.2. The monoisotopic (exact) mass is 420 g/mol. The molecule has 0 spiro atoms. The molecule has 0 radical (unpaired) electrons. The molecule has 0 unspecified atom stereocenters. The van der Waals surface area contributed by atoms with Crippen LogP contribution in [0.4, 0.5) is 5.69 Å². The van der Waals surface area contributed by atoms with E-state index in [1.54, 1.807) is 19.1 Å². The van der Waals surface area contributed by atoms with E-state index in [4.69, 9.17) is 4.74 Å². The highest BCUT2D eigenvalue weighted by molar-refractivity contribution is 6.01. The lowest BCUT2D eigenvalue weighted by atomic mass is 10.1. The second-order valence-corrected chi connectivity index (χ2v) is 7.62. The predicted molar refractivity (Wildman–Crippen MR) is 117 cm³/mol. The fourth-order valence-electron chi connectivity index (χ4n) is 3.66. The first-order valence-corrected chi connectivity index (χ1v) is 9.82. The van der Waals surface area contributed by atoms with Crippen molar-refractivity contribution >= 4 is 17.4 Å². The fraction of sp³-hybridized carbons (Fsp3) is 0.250. The Morgan fingerprint density at radius 3 is 2.29 bits per heavy atom. The molecule has 0 atom stereocenters. The van der Waals surface area contributed by atoms with Gasteiger partial charge in [-0.3, -0.25) is 14.9 Å². The number of carbonyl (C=O) groups is 2. The molecule has 7 heteroatoms. The van der Waals surface area contributed by atoms with Gasteiger partial charge in [0.1, 0.15) is 5.56 Å². The first kappa shape index (κ1) is 22.0. The number of aromatic nitrogens is 1. The lowest BCUT2D eigenvalue weighted by molar-refractivity contribution is -0.385. The molecule has 0 saturated heterocycles. The zero-order chi connectivity index (χ0) is 22.9. The SMILES string of the molecule is Cc1ccc(-n2c(C)cc(C(=O)COC(=O)c3cccc(C)c3[N+](=O)[O-])c2C)cc1C. The van der Waals surface area contributed by atoms with E-state index in [0.717, 1.165) is 22.6 Å². The summed E-state index contributed by atoms with van der Waals surface area (Å²) in [5.41, 5.74) is 5.21. The Bertz CT molecular complexity index is 1210. The quantitative estimate of drug-likeness (QED) is 0.243. The summed E-state index contributed by atoms with van der Waals surface area (Å²) in [6.45, 7) is 8.85. The topological polar surface area (TPSA) is 91.4 Å². The molecule has 0 aliphatic carbocycles. The van der Waals surface area contributed by atoms with Gasteiger partial charge in [0.2, 0.25) is 5.78 Å².